The van der Waals surface area contributed by atoms with Crippen LogP contribution in [0.3, 0.4) is 0 Å². The van der Waals surface area contributed by atoms with Gasteiger partial charge in [0.25, 0.3) is 0 Å². The summed E-state index contributed by atoms with van der Waals surface area (Å²) in [6.07, 6.45) is 2.58. The number of hydrogen-bond acceptors (Lipinski definition) is 3. The van der Waals surface area contributed by atoms with Gasteiger partial charge >= 0.3 is 5.97 Å². The number of aliphatic imine (C=N–C) groups is 1. The van der Waals surface area contributed by atoms with Crippen LogP contribution in [0.2, 0.25) is 0 Å². The molecule has 3 N–H and O–H groups in total. The standard InChI is InChI=1S/C11H21N3O2.HI/c1-11(2,3)16-9(15)6-7-13-10(12)14-8-4-5-8;/h8H,4-7H2,1-3H3,(H3,12,13,14);1H. The summed E-state index contributed by atoms with van der Waals surface area (Å²) in [6, 6.07) is 0.491. The van der Waals surface area contributed by atoms with Crippen LogP contribution in [0.25, 0.3) is 0 Å². The molecule has 0 aromatic carbocycles. The Bertz CT molecular complexity index is 283. The minimum atomic E-state index is -0.432. The Labute approximate surface area is 120 Å². The Morgan fingerprint density at radius 3 is 2.53 bits per heavy atom. The normalized spacial score (nSPS) is 16.1. The van der Waals surface area contributed by atoms with Gasteiger partial charge in [-0.3, -0.25) is 9.79 Å². The van der Waals surface area contributed by atoms with Crippen molar-refractivity contribution in [2.45, 2.75) is 51.7 Å². The summed E-state index contributed by atoms with van der Waals surface area (Å²) in [5.74, 6) is 0.182. The lowest BCUT2D eigenvalue weighted by Gasteiger charge is -2.19. The highest BCUT2D eigenvalue weighted by atomic mass is 127. The molecule has 5 nitrogen and oxygen atoms in total. The molecule has 6 heteroatoms. The molecule has 0 spiro atoms. The van der Waals surface area contributed by atoms with Crippen LogP contribution in [-0.4, -0.2) is 30.1 Å². The maximum absolute atomic E-state index is 11.3. The van der Waals surface area contributed by atoms with Crippen molar-refractivity contribution < 1.29 is 9.53 Å². The van der Waals surface area contributed by atoms with Crippen molar-refractivity contribution in [3.8, 4) is 0 Å². The second kappa shape index (κ2) is 7.03. The second-order valence-electron chi connectivity index (χ2n) is 5.02. The Morgan fingerprint density at radius 2 is 2.06 bits per heavy atom. The average molecular weight is 355 g/mol. The van der Waals surface area contributed by atoms with Crippen LogP contribution in [0.1, 0.15) is 40.0 Å². The molecule has 1 saturated carbocycles. The highest BCUT2D eigenvalue weighted by Crippen LogP contribution is 2.17. The Morgan fingerprint density at radius 1 is 1.47 bits per heavy atom. The van der Waals surface area contributed by atoms with Crippen LogP contribution in [0.4, 0.5) is 0 Å². The third-order valence-electron chi connectivity index (χ3n) is 1.95. The van der Waals surface area contributed by atoms with Crippen LogP contribution in [0.15, 0.2) is 4.99 Å². The van der Waals surface area contributed by atoms with Crippen molar-refractivity contribution >= 4 is 35.9 Å². The minimum absolute atomic E-state index is 0. The first kappa shape index (κ1) is 16.5. The van der Waals surface area contributed by atoms with E-state index in [4.69, 9.17) is 10.5 Å². The van der Waals surface area contributed by atoms with Gasteiger partial charge in [0, 0.05) is 6.04 Å². The van der Waals surface area contributed by atoms with Gasteiger partial charge in [-0.2, -0.15) is 0 Å². The maximum Gasteiger partial charge on any atom is 0.308 e. The zero-order chi connectivity index (χ0) is 12.2. The van der Waals surface area contributed by atoms with E-state index in [0.717, 1.165) is 12.8 Å². The van der Waals surface area contributed by atoms with Crippen molar-refractivity contribution in [2.75, 3.05) is 6.54 Å². The fraction of sp³-hybridized carbons (Fsp3) is 0.818. The minimum Gasteiger partial charge on any atom is -0.460 e. The molecule has 100 valence electrons. The molecular formula is C11H22IN3O2. The van der Waals surface area contributed by atoms with E-state index in [1.165, 1.54) is 0 Å². The molecular weight excluding hydrogens is 333 g/mol. The number of rotatable bonds is 4. The average Bonchev–Trinajstić information content (AvgIpc) is 2.84. The van der Waals surface area contributed by atoms with Gasteiger partial charge in [0.15, 0.2) is 5.96 Å². The largest absolute Gasteiger partial charge is 0.460 e. The number of ether oxygens (including phenoxy) is 1. The predicted octanol–water partition coefficient (Wildman–Crippen LogP) is 1.40. The summed E-state index contributed by atoms with van der Waals surface area (Å²) in [7, 11) is 0. The lowest BCUT2D eigenvalue weighted by Crippen LogP contribution is -2.33. The smallest absolute Gasteiger partial charge is 0.308 e. The monoisotopic (exact) mass is 355 g/mol. The van der Waals surface area contributed by atoms with Crippen molar-refractivity contribution in [3.05, 3.63) is 0 Å². The van der Waals surface area contributed by atoms with Gasteiger partial charge in [-0.05, 0) is 33.6 Å². The predicted molar refractivity (Wildman–Crippen MR) is 78.5 cm³/mol. The summed E-state index contributed by atoms with van der Waals surface area (Å²) in [5, 5.41) is 3.05. The topological polar surface area (TPSA) is 76.7 Å². The second-order valence-corrected chi connectivity index (χ2v) is 5.02. The zero-order valence-corrected chi connectivity index (χ0v) is 13.0. The van der Waals surface area contributed by atoms with Gasteiger partial charge in [0.05, 0.1) is 13.0 Å². The molecule has 1 aliphatic carbocycles. The molecule has 0 aliphatic heterocycles. The number of halogens is 1. The molecule has 1 rings (SSSR count). The number of nitrogens with one attached hydrogen (secondary N) is 1. The summed E-state index contributed by atoms with van der Waals surface area (Å²) in [5.41, 5.74) is 5.18. The van der Waals surface area contributed by atoms with Crippen LogP contribution in [0, 0.1) is 0 Å². The number of nitrogens with two attached hydrogens (primary N) is 1. The van der Waals surface area contributed by atoms with Gasteiger partial charge in [-0.1, -0.05) is 0 Å². The van der Waals surface area contributed by atoms with E-state index in [2.05, 4.69) is 10.3 Å². The zero-order valence-electron chi connectivity index (χ0n) is 10.7. The lowest BCUT2D eigenvalue weighted by molar-refractivity contribution is -0.154. The van der Waals surface area contributed by atoms with Crippen molar-refractivity contribution in [3.63, 3.8) is 0 Å². The Balaban J connectivity index is 0.00000256. The molecule has 0 saturated heterocycles. The summed E-state index contributed by atoms with van der Waals surface area (Å²) in [6.45, 7) is 5.91. The lowest BCUT2D eigenvalue weighted by atomic mass is 10.2. The van der Waals surface area contributed by atoms with Gasteiger partial charge in [0.2, 0.25) is 0 Å². The molecule has 0 amide bonds. The molecule has 0 bridgehead atoms. The Hall–Kier alpha value is -0.530. The number of carbonyl (C=O) groups excluding carboxylic acids is 1. The number of guanidine groups is 1. The van der Waals surface area contributed by atoms with E-state index in [1.54, 1.807) is 0 Å². The molecule has 0 unspecified atom stereocenters. The third kappa shape index (κ3) is 9.20. The first-order valence-corrected chi connectivity index (χ1v) is 5.65. The molecule has 17 heavy (non-hydrogen) atoms. The van der Waals surface area contributed by atoms with Crippen molar-refractivity contribution in [2.24, 2.45) is 10.7 Å². The maximum atomic E-state index is 11.3. The number of esters is 1. The summed E-state index contributed by atoms with van der Waals surface area (Å²) < 4.78 is 5.14. The molecule has 0 atom stereocenters. The molecule has 0 aromatic rings. The van der Waals surface area contributed by atoms with E-state index in [1.807, 2.05) is 20.8 Å². The van der Waals surface area contributed by atoms with Crippen molar-refractivity contribution in [1.82, 2.24) is 5.32 Å². The first-order valence-electron chi connectivity index (χ1n) is 5.65. The van der Waals surface area contributed by atoms with Crippen LogP contribution < -0.4 is 11.1 Å². The SMILES string of the molecule is CC(C)(C)OC(=O)CCN=C(N)NC1CC1.I. The van der Waals surface area contributed by atoms with Gasteiger partial charge in [-0.15, -0.1) is 24.0 Å². The van der Waals surface area contributed by atoms with Gasteiger partial charge in [0.1, 0.15) is 5.60 Å². The van der Waals surface area contributed by atoms with E-state index >= 15 is 0 Å². The first-order chi connectivity index (χ1) is 7.37. The van der Waals surface area contributed by atoms with Gasteiger partial charge < -0.3 is 15.8 Å². The fourth-order valence-electron chi connectivity index (χ4n) is 1.14. The van der Waals surface area contributed by atoms with E-state index in [0.29, 0.717) is 18.5 Å². The third-order valence-corrected chi connectivity index (χ3v) is 1.95. The van der Waals surface area contributed by atoms with Gasteiger partial charge in [-0.25, -0.2) is 0 Å². The van der Waals surface area contributed by atoms with E-state index < -0.39 is 5.60 Å². The molecule has 0 aromatic heterocycles. The van der Waals surface area contributed by atoms with Crippen LogP contribution in [0.5, 0.6) is 0 Å². The summed E-state index contributed by atoms with van der Waals surface area (Å²) in [4.78, 5) is 15.4. The molecule has 0 radical (unpaired) electrons. The summed E-state index contributed by atoms with van der Waals surface area (Å²) >= 11 is 0. The molecule has 0 heterocycles. The quantitative estimate of drug-likeness (QED) is 0.346. The Kier molecular flexibility index (Phi) is 6.81. The molecule has 1 aliphatic rings. The van der Waals surface area contributed by atoms with Crippen molar-refractivity contribution in [1.29, 1.82) is 0 Å². The number of nitrogens with zero attached hydrogens (tertiary/aromatic N) is 1. The number of carbonyl (C=O) groups is 1. The van der Waals surface area contributed by atoms with Crippen LogP contribution >= 0.6 is 24.0 Å². The van der Waals surface area contributed by atoms with E-state index in [9.17, 15) is 4.79 Å². The fourth-order valence-corrected chi connectivity index (χ4v) is 1.14. The van der Waals surface area contributed by atoms with E-state index in [-0.39, 0.29) is 36.4 Å². The molecule has 1 fully saturated rings. The highest BCUT2D eigenvalue weighted by Gasteiger charge is 2.21. The number of hydrogen-bond donors (Lipinski definition) is 2. The van der Waals surface area contributed by atoms with Crippen LogP contribution in [-0.2, 0) is 9.53 Å². The highest BCUT2D eigenvalue weighted by molar-refractivity contribution is 14.0.